The molecule has 0 radical (unpaired) electrons. The molecule has 0 aliphatic rings. The number of carboxylic acid groups (broad SMARTS) is 1. The molecule has 1 atom stereocenters. The third kappa shape index (κ3) is 6.69. The van der Waals surface area contributed by atoms with Gasteiger partial charge in [-0.05, 0) is 6.92 Å². The van der Waals surface area contributed by atoms with Gasteiger partial charge in [0.1, 0.15) is 12.6 Å². The molecular formula is C10H19N3O5. The number of ether oxygens (including phenoxy) is 1. The SMILES string of the molecule is COCCNC(=O)CN(C)C(=O)N[C@H](C)C(=O)O. The van der Waals surface area contributed by atoms with Crippen molar-refractivity contribution in [3.63, 3.8) is 0 Å². The van der Waals surface area contributed by atoms with Crippen LogP contribution in [0.2, 0.25) is 0 Å². The van der Waals surface area contributed by atoms with Gasteiger partial charge in [0.25, 0.3) is 0 Å². The van der Waals surface area contributed by atoms with E-state index in [9.17, 15) is 14.4 Å². The minimum absolute atomic E-state index is 0.151. The molecule has 8 heteroatoms. The van der Waals surface area contributed by atoms with Crippen molar-refractivity contribution < 1.29 is 24.2 Å². The Morgan fingerprint density at radius 1 is 1.39 bits per heavy atom. The van der Waals surface area contributed by atoms with E-state index in [0.29, 0.717) is 13.2 Å². The smallest absolute Gasteiger partial charge is 0.325 e. The third-order valence-corrected chi connectivity index (χ3v) is 2.07. The Kier molecular flexibility index (Phi) is 7.45. The van der Waals surface area contributed by atoms with E-state index in [1.165, 1.54) is 21.1 Å². The Bertz CT molecular complexity index is 308. The monoisotopic (exact) mass is 261 g/mol. The summed E-state index contributed by atoms with van der Waals surface area (Å²) in [5.41, 5.74) is 0. The zero-order valence-corrected chi connectivity index (χ0v) is 10.7. The van der Waals surface area contributed by atoms with E-state index >= 15 is 0 Å². The van der Waals surface area contributed by atoms with Gasteiger partial charge in [0.15, 0.2) is 0 Å². The first kappa shape index (κ1) is 16.2. The normalized spacial score (nSPS) is 11.5. The fourth-order valence-electron chi connectivity index (χ4n) is 0.993. The molecule has 3 amide bonds. The van der Waals surface area contributed by atoms with Crippen molar-refractivity contribution in [2.24, 2.45) is 0 Å². The van der Waals surface area contributed by atoms with E-state index in [-0.39, 0.29) is 12.5 Å². The van der Waals surface area contributed by atoms with E-state index in [1.54, 1.807) is 0 Å². The number of urea groups is 1. The summed E-state index contributed by atoms with van der Waals surface area (Å²) < 4.78 is 4.75. The number of carbonyl (C=O) groups is 3. The standard InChI is InChI=1S/C10H19N3O5/c1-7(9(15)16)12-10(17)13(2)6-8(14)11-4-5-18-3/h7H,4-6H2,1-3H3,(H,11,14)(H,12,17)(H,15,16)/t7-/m1/s1. The van der Waals surface area contributed by atoms with Gasteiger partial charge in [-0.2, -0.15) is 0 Å². The van der Waals surface area contributed by atoms with Crippen molar-refractivity contribution in [3.8, 4) is 0 Å². The molecule has 0 aliphatic heterocycles. The quantitative estimate of drug-likeness (QED) is 0.502. The van der Waals surface area contributed by atoms with Crippen molar-refractivity contribution in [2.75, 3.05) is 33.9 Å². The first-order valence-electron chi connectivity index (χ1n) is 5.38. The summed E-state index contributed by atoms with van der Waals surface area (Å²) in [6.45, 7) is 1.93. The minimum atomic E-state index is -1.14. The molecule has 0 saturated heterocycles. The highest BCUT2D eigenvalue weighted by Crippen LogP contribution is 1.88. The fourth-order valence-corrected chi connectivity index (χ4v) is 0.993. The number of hydrogen-bond donors (Lipinski definition) is 3. The number of amides is 3. The van der Waals surface area contributed by atoms with Crippen molar-refractivity contribution in [3.05, 3.63) is 0 Å². The van der Waals surface area contributed by atoms with E-state index in [1.807, 2.05) is 0 Å². The number of nitrogens with one attached hydrogen (secondary N) is 2. The molecule has 0 rings (SSSR count). The Labute approximate surface area is 105 Å². The topological polar surface area (TPSA) is 108 Å². The van der Waals surface area contributed by atoms with Gasteiger partial charge in [-0.3, -0.25) is 9.59 Å². The number of rotatable bonds is 7. The van der Waals surface area contributed by atoms with E-state index in [4.69, 9.17) is 9.84 Å². The van der Waals surface area contributed by atoms with Gasteiger partial charge < -0.3 is 25.4 Å². The van der Waals surface area contributed by atoms with Crippen molar-refractivity contribution >= 4 is 17.9 Å². The average Bonchev–Trinajstić information content (AvgIpc) is 2.28. The molecule has 0 bridgehead atoms. The first-order valence-corrected chi connectivity index (χ1v) is 5.38. The Morgan fingerprint density at radius 2 is 2.00 bits per heavy atom. The summed E-state index contributed by atoms with van der Waals surface area (Å²) in [4.78, 5) is 34.4. The van der Waals surface area contributed by atoms with Crippen LogP contribution in [0, 0.1) is 0 Å². The molecule has 0 aromatic carbocycles. The average molecular weight is 261 g/mol. The molecule has 0 spiro atoms. The molecular weight excluding hydrogens is 242 g/mol. The molecule has 0 aromatic rings. The molecule has 0 aliphatic carbocycles. The second-order valence-corrected chi connectivity index (χ2v) is 3.71. The predicted octanol–water partition coefficient (Wildman–Crippen LogP) is -1.14. The predicted molar refractivity (Wildman–Crippen MR) is 63.1 cm³/mol. The lowest BCUT2D eigenvalue weighted by atomic mass is 10.3. The molecule has 0 unspecified atom stereocenters. The van der Waals surface area contributed by atoms with Crippen LogP contribution in [-0.4, -0.2) is 67.8 Å². The van der Waals surface area contributed by atoms with Gasteiger partial charge in [-0.15, -0.1) is 0 Å². The second-order valence-electron chi connectivity index (χ2n) is 3.71. The van der Waals surface area contributed by atoms with Gasteiger partial charge >= 0.3 is 12.0 Å². The van der Waals surface area contributed by atoms with Crippen LogP contribution in [-0.2, 0) is 14.3 Å². The Balaban J connectivity index is 4.00. The molecule has 18 heavy (non-hydrogen) atoms. The maximum atomic E-state index is 11.5. The highest BCUT2D eigenvalue weighted by atomic mass is 16.5. The van der Waals surface area contributed by atoms with Crippen LogP contribution in [0.15, 0.2) is 0 Å². The zero-order chi connectivity index (χ0) is 14.1. The fraction of sp³-hybridized carbons (Fsp3) is 0.700. The molecule has 3 N–H and O–H groups in total. The number of hydrogen-bond acceptors (Lipinski definition) is 4. The van der Waals surface area contributed by atoms with Crippen molar-refractivity contribution in [1.82, 2.24) is 15.5 Å². The van der Waals surface area contributed by atoms with Crippen LogP contribution in [0.25, 0.3) is 0 Å². The van der Waals surface area contributed by atoms with Crippen LogP contribution in [0.1, 0.15) is 6.92 Å². The summed E-state index contributed by atoms with van der Waals surface area (Å²) in [5.74, 6) is -1.48. The van der Waals surface area contributed by atoms with Gasteiger partial charge in [0.05, 0.1) is 6.61 Å². The molecule has 0 aromatic heterocycles. The minimum Gasteiger partial charge on any atom is -0.480 e. The van der Waals surface area contributed by atoms with E-state index < -0.39 is 18.0 Å². The highest BCUT2D eigenvalue weighted by molar-refractivity contribution is 5.86. The summed E-state index contributed by atoms with van der Waals surface area (Å²) in [5, 5.41) is 13.4. The lowest BCUT2D eigenvalue weighted by Gasteiger charge is -2.19. The lowest BCUT2D eigenvalue weighted by molar-refractivity contribution is -0.138. The molecule has 104 valence electrons. The maximum absolute atomic E-state index is 11.5. The van der Waals surface area contributed by atoms with Gasteiger partial charge in [0, 0.05) is 20.7 Å². The van der Waals surface area contributed by atoms with Gasteiger partial charge in [-0.25, -0.2) is 4.79 Å². The number of methoxy groups -OCH3 is 1. The number of carboxylic acids is 1. The molecule has 0 heterocycles. The molecule has 8 nitrogen and oxygen atoms in total. The van der Waals surface area contributed by atoms with Crippen molar-refractivity contribution in [1.29, 1.82) is 0 Å². The van der Waals surface area contributed by atoms with Crippen LogP contribution >= 0.6 is 0 Å². The summed E-state index contributed by atoms with van der Waals surface area (Å²) in [6.07, 6.45) is 0. The largest absolute Gasteiger partial charge is 0.480 e. The molecule has 0 saturated carbocycles. The summed E-state index contributed by atoms with van der Waals surface area (Å²) >= 11 is 0. The first-order chi connectivity index (χ1) is 8.38. The van der Waals surface area contributed by atoms with Crippen LogP contribution in [0.4, 0.5) is 4.79 Å². The zero-order valence-electron chi connectivity index (χ0n) is 10.7. The third-order valence-electron chi connectivity index (χ3n) is 2.07. The van der Waals surface area contributed by atoms with E-state index in [0.717, 1.165) is 4.90 Å². The van der Waals surface area contributed by atoms with Gasteiger partial charge in [0.2, 0.25) is 5.91 Å². The molecule has 0 fully saturated rings. The number of nitrogens with zero attached hydrogens (tertiary/aromatic N) is 1. The van der Waals surface area contributed by atoms with E-state index in [2.05, 4.69) is 10.6 Å². The summed E-state index contributed by atoms with van der Waals surface area (Å²) in [6, 6.07) is -1.62. The van der Waals surface area contributed by atoms with Crippen LogP contribution in [0.5, 0.6) is 0 Å². The lowest BCUT2D eigenvalue weighted by Crippen LogP contribution is -2.48. The second kappa shape index (κ2) is 8.29. The maximum Gasteiger partial charge on any atom is 0.325 e. The van der Waals surface area contributed by atoms with Crippen molar-refractivity contribution in [2.45, 2.75) is 13.0 Å². The Hall–Kier alpha value is -1.83. The number of likely N-dealkylation sites (N-methyl/N-ethyl adjacent to an activating group) is 1. The van der Waals surface area contributed by atoms with Crippen LogP contribution in [0.3, 0.4) is 0 Å². The van der Waals surface area contributed by atoms with Crippen LogP contribution < -0.4 is 10.6 Å². The number of aliphatic carboxylic acids is 1. The Morgan fingerprint density at radius 3 is 2.50 bits per heavy atom. The van der Waals surface area contributed by atoms with Gasteiger partial charge in [-0.1, -0.05) is 0 Å². The highest BCUT2D eigenvalue weighted by Gasteiger charge is 2.18. The number of carbonyl (C=O) groups excluding carboxylic acids is 2. The summed E-state index contributed by atoms with van der Waals surface area (Å²) in [7, 11) is 2.92.